The van der Waals surface area contributed by atoms with E-state index < -0.39 is 0 Å². The topological polar surface area (TPSA) is 40.5 Å². The number of benzene rings is 1. The lowest BCUT2D eigenvalue weighted by Crippen LogP contribution is -2.03. The summed E-state index contributed by atoms with van der Waals surface area (Å²) in [6.07, 6.45) is 14.1. The minimum Gasteiger partial charge on any atom is -0.507 e. The molecule has 0 fully saturated rings. The molecular weight excluding hydrogens is 380 g/mol. The van der Waals surface area contributed by atoms with Crippen LogP contribution in [0.2, 0.25) is 0 Å². The van der Waals surface area contributed by atoms with Gasteiger partial charge in [0.1, 0.15) is 11.5 Å². The fourth-order valence-electron chi connectivity index (χ4n) is 3.90. The molecule has 2 N–H and O–H groups in total. The van der Waals surface area contributed by atoms with Gasteiger partial charge < -0.3 is 10.2 Å². The largest absolute Gasteiger partial charge is 0.507 e. The molecule has 0 bridgehead atoms. The zero-order valence-corrected chi connectivity index (χ0v) is 21.3. The maximum atomic E-state index is 11.0. The van der Waals surface area contributed by atoms with E-state index >= 15 is 0 Å². The fraction of sp³-hybridized carbons (Fsp3) is 0.517. The molecule has 0 aliphatic rings. The molecule has 0 saturated carbocycles. The first kappa shape index (κ1) is 26.8. The van der Waals surface area contributed by atoms with Crippen molar-refractivity contribution in [1.82, 2.24) is 0 Å². The highest BCUT2D eigenvalue weighted by Crippen LogP contribution is 2.42. The Hall–Kier alpha value is -2.22. The third-order valence-electron chi connectivity index (χ3n) is 6.05. The van der Waals surface area contributed by atoms with E-state index in [0.29, 0.717) is 11.5 Å². The maximum absolute atomic E-state index is 11.0. The number of rotatable bonds is 10. The molecule has 1 rings (SSSR count). The number of phenols is 2. The minimum atomic E-state index is 0.0373. The van der Waals surface area contributed by atoms with Crippen molar-refractivity contribution in [2.24, 2.45) is 0 Å². The van der Waals surface area contributed by atoms with Crippen LogP contribution < -0.4 is 0 Å². The molecule has 0 saturated heterocycles. The summed E-state index contributed by atoms with van der Waals surface area (Å²) in [4.78, 5) is 0. The van der Waals surface area contributed by atoms with Crippen LogP contribution in [0.25, 0.3) is 0 Å². The normalized spacial score (nSPS) is 13.2. The van der Waals surface area contributed by atoms with Gasteiger partial charge in [0.05, 0.1) is 0 Å². The van der Waals surface area contributed by atoms with Gasteiger partial charge in [-0.15, -0.1) is 0 Å². The van der Waals surface area contributed by atoms with E-state index in [9.17, 15) is 10.2 Å². The molecule has 0 aliphatic heterocycles. The maximum Gasteiger partial charge on any atom is 0.123 e. The smallest absolute Gasteiger partial charge is 0.123 e. The molecule has 2 nitrogen and oxygen atoms in total. The molecule has 1 aromatic carbocycles. The van der Waals surface area contributed by atoms with Crippen LogP contribution in [0.5, 0.6) is 11.5 Å². The molecule has 0 aromatic heterocycles. The fourth-order valence-corrected chi connectivity index (χ4v) is 3.90. The Kier molecular flexibility index (Phi) is 10.9. The standard InChI is InChI=1S/C29H44O2/c1-19(2)12-10-14-21(5)16-17-26(18-22(6)15-11-13-20(3)4)27-25(9)28(30)23(7)24(8)29(27)31/h12-13,16,18,26,30-31H,10-11,14-15,17H2,1-9H3/b21-16+,22-18+. The second-order valence-electron chi connectivity index (χ2n) is 9.53. The first-order chi connectivity index (χ1) is 14.5. The van der Waals surface area contributed by atoms with E-state index in [1.807, 2.05) is 20.8 Å². The summed E-state index contributed by atoms with van der Waals surface area (Å²) in [6.45, 7) is 18.6. The van der Waals surface area contributed by atoms with E-state index in [2.05, 4.69) is 65.8 Å². The van der Waals surface area contributed by atoms with Crippen LogP contribution >= 0.6 is 0 Å². The van der Waals surface area contributed by atoms with Crippen molar-refractivity contribution >= 4 is 0 Å². The predicted molar refractivity (Wildman–Crippen MR) is 136 cm³/mol. The van der Waals surface area contributed by atoms with Gasteiger partial charge in [-0.05, 0) is 111 Å². The number of hydrogen-bond donors (Lipinski definition) is 2. The summed E-state index contributed by atoms with van der Waals surface area (Å²) < 4.78 is 0. The molecule has 0 aliphatic carbocycles. The van der Waals surface area contributed by atoms with Gasteiger partial charge in [0.15, 0.2) is 0 Å². The van der Waals surface area contributed by atoms with Crippen molar-refractivity contribution in [2.75, 3.05) is 0 Å². The lowest BCUT2D eigenvalue weighted by Gasteiger charge is -2.22. The molecule has 172 valence electrons. The Morgan fingerprint density at radius 3 is 1.68 bits per heavy atom. The SMILES string of the molecule is CC(C)=CCC/C(C)=C/CC(/C=C(\C)CCC=C(C)C)c1c(C)c(O)c(C)c(C)c1O. The molecular formula is C29H44O2. The quantitative estimate of drug-likeness (QED) is 0.291. The van der Waals surface area contributed by atoms with Gasteiger partial charge in [-0.3, -0.25) is 0 Å². The highest BCUT2D eigenvalue weighted by atomic mass is 16.3. The summed E-state index contributed by atoms with van der Waals surface area (Å²) >= 11 is 0. The summed E-state index contributed by atoms with van der Waals surface area (Å²) in [6, 6.07) is 0. The van der Waals surface area contributed by atoms with Crippen molar-refractivity contribution in [1.29, 1.82) is 0 Å². The second-order valence-corrected chi connectivity index (χ2v) is 9.53. The van der Waals surface area contributed by atoms with Gasteiger partial charge in [0.2, 0.25) is 0 Å². The monoisotopic (exact) mass is 424 g/mol. The van der Waals surface area contributed by atoms with Crippen LogP contribution in [-0.2, 0) is 0 Å². The number of phenolic OH excluding ortho intramolecular Hbond substituents is 2. The summed E-state index contributed by atoms with van der Waals surface area (Å²) in [5.41, 5.74) is 8.54. The minimum absolute atomic E-state index is 0.0373. The van der Waals surface area contributed by atoms with Gasteiger partial charge in [-0.25, -0.2) is 0 Å². The Labute approximate surface area is 191 Å². The molecule has 0 heterocycles. The molecule has 2 heteroatoms. The zero-order chi connectivity index (χ0) is 23.7. The van der Waals surface area contributed by atoms with E-state index in [0.717, 1.165) is 54.4 Å². The first-order valence-electron chi connectivity index (χ1n) is 11.6. The predicted octanol–water partition coefficient (Wildman–Crippen LogP) is 8.88. The lowest BCUT2D eigenvalue weighted by molar-refractivity contribution is 0.441. The third-order valence-corrected chi connectivity index (χ3v) is 6.05. The molecule has 1 unspecified atom stereocenters. The van der Waals surface area contributed by atoms with E-state index in [-0.39, 0.29) is 5.92 Å². The summed E-state index contributed by atoms with van der Waals surface area (Å²) in [5.74, 6) is 0.659. The van der Waals surface area contributed by atoms with Crippen molar-refractivity contribution < 1.29 is 10.2 Å². The van der Waals surface area contributed by atoms with Gasteiger partial charge in [-0.1, -0.05) is 46.6 Å². The van der Waals surface area contributed by atoms with Gasteiger partial charge in [0, 0.05) is 11.5 Å². The van der Waals surface area contributed by atoms with Crippen LogP contribution in [0.15, 0.2) is 46.6 Å². The van der Waals surface area contributed by atoms with Crippen LogP contribution in [0.3, 0.4) is 0 Å². The second kappa shape index (κ2) is 12.6. The molecule has 1 aromatic rings. The Bertz CT molecular complexity index is 841. The average Bonchev–Trinajstić information content (AvgIpc) is 2.68. The Balaban J connectivity index is 3.30. The summed E-state index contributed by atoms with van der Waals surface area (Å²) in [5, 5.41) is 21.7. The third kappa shape index (κ3) is 8.44. The summed E-state index contributed by atoms with van der Waals surface area (Å²) in [7, 11) is 0. The zero-order valence-electron chi connectivity index (χ0n) is 21.3. The Morgan fingerprint density at radius 1 is 0.677 bits per heavy atom. The number of aromatic hydroxyl groups is 2. The molecule has 0 radical (unpaired) electrons. The van der Waals surface area contributed by atoms with Crippen molar-refractivity contribution in [3.63, 3.8) is 0 Å². The van der Waals surface area contributed by atoms with Gasteiger partial charge >= 0.3 is 0 Å². The van der Waals surface area contributed by atoms with Crippen molar-refractivity contribution in [3.05, 3.63) is 68.9 Å². The average molecular weight is 425 g/mol. The van der Waals surface area contributed by atoms with Crippen LogP contribution in [-0.4, -0.2) is 10.2 Å². The molecule has 31 heavy (non-hydrogen) atoms. The molecule has 0 amide bonds. The lowest BCUT2D eigenvalue weighted by atomic mass is 9.85. The molecule has 1 atom stereocenters. The Morgan fingerprint density at radius 2 is 1.16 bits per heavy atom. The van der Waals surface area contributed by atoms with E-state index in [1.165, 1.54) is 22.3 Å². The first-order valence-corrected chi connectivity index (χ1v) is 11.6. The number of hydrogen-bond acceptors (Lipinski definition) is 2. The van der Waals surface area contributed by atoms with Crippen LogP contribution in [0.1, 0.15) is 102 Å². The van der Waals surface area contributed by atoms with Crippen molar-refractivity contribution in [2.45, 2.75) is 100 Å². The van der Waals surface area contributed by atoms with Crippen LogP contribution in [0.4, 0.5) is 0 Å². The van der Waals surface area contributed by atoms with Crippen molar-refractivity contribution in [3.8, 4) is 11.5 Å². The van der Waals surface area contributed by atoms with Gasteiger partial charge in [0.25, 0.3) is 0 Å². The highest BCUT2D eigenvalue weighted by Gasteiger charge is 2.22. The van der Waals surface area contributed by atoms with Crippen LogP contribution in [0, 0.1) is 20.8 Å². The van der Waals surface area contributed by atoms with E-state index in [1.54, 1.807) is 0 Å². The molecule has 0 spiro atoms. The van der Waals surface area contributed by atoms with Gasteiger partial charge in [-0.2, -0.15) is 0 Å². The number of allylic oxidation sites excluding steroid dienone is 8. The highest BCUT2D eigenvalue weighted by molar-refractivity contribution is 5.59. The van der Waals surface area contributed by atoms with E-state index in [4.69, 9.17) is 0 Å².